The molecule has 112 valence electrons. The van der Waals surface area contributed by atoms with E-state index < -0.39 is 22.3 Å². The Hall–Kier alpha value is -1.81. The molecule has 0 bridgehead atoms. The maximum Gasteiger partial charge on any atom is 0.471 e. The number of anilines is 2. The van der Waals surface area contributed by atoms with Crippen LogP contribution in [0.4, 0.5) is 24.5 Å². The normalized spacial score (nSPS) is 12.0. The number of halogens is 3. The van der Waals surface area contributed by atoms with Gasteiger partial charge in [-0.1, -0.05) is 6.92 Å². The van der Waals surface area contributed by atoms with Crippen molar-refractivity contribution >= 4 is 27.5 Å². The van der Waals surface area contributed by atoms with Crippen LogP contribution in [0.15, 0.2) is 24.3 Å². The van der Waals surface area contributed by atoms with Crippen LogP contribution in [0.25, 0.3) is 0 Å². The first-order chi connectivity index (χ1) is 9.14. The molecule has 10 heteroatoms. The Morgan fingerprint density at radius 2 is 1.65 bits per heavy atom. The van der Waals surface area contributed by atoms with Crippen molar-refractivity contribution in [3.8, 4) is 0 Å². The molecule has 0 aliphatic carbocycles. The lowest BCUT2D eigenvalue weighted by Crippen LogP contribution is -2.30. The van der Waals surface area contributed by atoms with E-state index in [1.807, 2.05) is 0 Å². The molecule has 0 saturated carbocycles. The summed E-state index contributed by atoms with van der Waals surface area (Å²) in [6.45, 7) is 1.78. The molecular formula is C10H12F3N3O3S. The van der Waals surface area contributed by atoms with Crippen LogP contribution in [0.3, 0.4) is 0 Å². The lowest BCUT2D eigenvalue weighted by atomic mass is 10.3. The molecule has 0 spiro atoms. The average molecular weight is 311 g/mol. The van der Waals surface area contributed by atoms with E-state index >= 15 is 0 Å². The van der Waals surface area contributed by atoms with E-state index in [1.54, 1.807) is 12.2 Å². The lowest BCUT2D eigenvalue weighted by Gasteiger charge is -2.10. The van der Waals surface area contributed by atoms with E-state index in [1.165, 1.54) is 12.1 Å². The van der Waals surface area contributed by atoms with E-state index in [4.69, 9.17) is 0 Å². The van der Waals surface area contributed by atoms with Gasteiger partial charge in [-0.15, -0.1) is 0 Å². The minimum Gasteiger partial charge on any atom is -0.318 e. The number of benzene rings is 1. The monoisotopic (exact) mass is 311 g/mol. The smallest absolute Gasteiger partial charge is 0.318 e. The Morgan fingerprint density at radius 1 is 1.15 bits per heavy atom. The van der Waals surface area contributed by atoms with Crippen molar-refractivity contribution in [3.63, 3.8) is 0 Å². The van der Waals surface area contributed by atoms with Crippen molar-refractivity contribution in [1.29, 1.82) is 0 Å². The molecular weight excluding hydrogens is 299 g/mol. The van der Waals surface area contributed by atoms with Gasteiger partial charge >= 0.3 is 12.1 Å². The fourth-order valence-corrected chi connectivity index (χ4v) is 2.10. The lowest BCUT2D eigenvalue weighted by molar-refractivity contribution is -0.167. The Labute approximate surface area is 113 Å². The van der Waals surface area contributed by atoms with Crippen molar-refractivity contribution in [2.24, 2.45) is 0 Å². The van der Waals surface area contributed by atoms with E-state index in [0.29, 0.717) is 0 Å². The number of hydrogen-bond donors (Lipinski definition) is 3. The second-order valence-corrected chi connectivity index (χ2v) is 5.13. The summed E-state index contributed by atoms with van der Waals surface area (Å²) in [6.07, 6.45) is -4.98. The van der Waals surface area contributed by atoms with Gasteiger partial charge in [0.2, 0.25) is 0 Å². The highest BCUT2D eigenvalue weighted by Crippen LogP contribution is 2.19. The fraction of sp³-hybridized carbons (Fsp3) is 0.300. The van der Waals surface area contributed by atoms with Gasteiger partial charge < -0.3 is 5.32 Å². The SMILES string of the molecule is CCNS(=O)(=O)Nc1ccc(NC(=O)C(F)(F)F)cc1. The second kappa shape index (κ2) is 6.09. The average Bonchev–Trinajstić information content (AvgIpc) is 2.29. The van der Waals surface area contributed by atoms with Gasteiger partial charge in [0.05, 0.1) is 0 Å². The number of amides is 1. The van der Waals surface area contributed by atoms with Crippen LogP contribution >= 0.6 is 0 Å². The quantitative estimate of drug-likeness (QED) is 0.769. The van der Waals surface area contributed by atoms with E-state index in [9.17, 15) is 26.4 Å². The summed E-state index contributed by atoms with van der Waals surface area (Å²) < 4.78 is 63.1. The van der Waals surface area contributed by atoms with Crippen LogP contribution in [0.1, 0.15) is 6.92 Å². The minimum absolute atomic E-state index is 0.0984. The molecule has 0 radical (unpaired) electrons. The molecule has 3 N–H and O–H groups in total. The minimum atomic E-state index is -4.98. The zero-order valence-corrected chi connectivity index (χ0v) is 11.1. The summed E-state index contributed by atoms with van der Waals surface area (Å²) in [5.74, 6) is -2.10. The van der Waals surface area contributed by atoms with Crippen LogP contribution in [-0.4, -0.2) is 27.0 Å². The number of rotatable bonds is 5. The van der Waals surface area contributed by atoms with Gasteiger partial charge in [-0.25, -0.2) is 0 Å². The second-order valence-electron chi connectivity index (χ2n) is 3.63. The summed E-state index contributed by atoms with van der Waals surface area (Å²) in [5, 5.41) is 1.64. The van der Waals surface area contributed by atoms with Crippen LogP contribution in [0.2, 0.25) is 0 Å². The molecule has 0 atom stereocenters. The van der Waals surface area contributed by atoms with Crippen molar-refractivity contribution in [2.45, 2.75) is 13.1 Å². The van der Waals surface area contributed by atoms with Gasteiger partial charge in [0.1, 0.15) is 0 Å². The van der Waals surface area contributed by atoms with Crippen LogP contribution in [0.5, 0.6) is 0 Å². The Balaban J connectivity index is 2.73. The Kier molecular flexibility index (Phi) is 4.95. The molecule has 0 aliphatic rings. The molecule has 0 aliphatic heterocycles. The predicted molar refractivity (Wildman–Crippen MR) is 67.3 cm³/mol. The van der Waals surface area contributed by atoms with Crippen LogP contribution in [0, 0.1) is 0 Å². The third-order valence-corrected chi connectivity index (χ3v) is 3.16. The van der Waals surface area contributed by atoms with E-state index in [2.05, 4.69) is 9.44 Å². The zero-order chi connectivity index (χ0) is 15.4. The van der Waals surface area contributed by atoms with E-state index in [0.717, 1.165) is 12.1 Å². The highest BCUT2D eigenvalue weighted by atomic mass is 32.2. The molecule has 1 aromatic carbocycles. The van der Waals surface area contributed by atoms with Gasteiger partial charge in [0.25, 0.3) is 10.2 Å². The van der Waals surface area contributed by atoms with Gasteiger partial charge in [-0.2, -0.15) is 26.3 Å². The first kappa shape index (κ1) is 16.2. The number of hydrogen-bond acceptors (Lipinski definition) is 3. The summed E-state index contributed by atoms with van der Waals surface area (Å²) in [7, 11) is -3.71. The Morgan fingerprint density at radius 3 is 2.10 bits per heavy atom. The van der Waals surface area contributed by atoms with Crippen molar-refractivity contribution in [1.82, 2.24) is 4.72 Å². The summed E-state index contributed by atoms with van der Waals surface area (Å²) >= 11 is 0. The summed E-state index contributed by atoms with van der Waals surface area (Å²) in [4.78, 5) is 10.7. The van der Waals surface area contributed by atoms with Crippen molar-refractivity contribution in [3.05, 3.63) is 24.3 Å². The number of carbonyl (C=O) groups is 1. The van der Waals surface area contributed by atoms with Gasteiger partial charge in [0, 0.05) is 17.9 Å². The molecule has 6 nitrogen and oxygen atoms in total. The highest BCUT2D eigenvalue weighted by Gasteiger charge is 2.38. The molecule has 1 rings (SSSR count). The first-order valence-corrected chi connectivity index (χ1v) is 6.88. The first-order valence-electron chi connectivity index (χ1n) is 5.39. The molecule has 1 amide bonds. The van der Waals surface area contributed by atoms with Crippen molar-refractivity contribution < 1.29 is 26.4 Å². The number of carbonyl (C=O) groups excluding carboxylic acids is 1. The van der Waals surface area contributed by atoms with E-state index in [-0.39, 0.29) is 17.9 Å². The maximum atomic E-state index is 12.0. The summed E-state index contributed by atoms with van der Waals surface area (Å²) in [6, 6.07) is 4.74. The maximum absolute atomic E-state index is 12.0. The topological polar surface area (TPSA) is 87.3 Å². The molecule has 0 aromatic heterocycles. The van der Waals surface area contributed by atoms with Crippen LogP contribution in [-0.2, 0) is 15.0 Å². The third-order valence-electron chi connectivity index (χ3n) is 1.99. The van der Waals surface area contributed by atoms with Gasteiger partial charge in [-0.3, -0.25) is 9.52 Å². The molecule has 0 saturated heterocycles. The fourth-order valence-electron chi connectivity index (χ4n) is 1.20. The third kappa shape index (κ3) is 5.05. The molecule has 20 heavy (non-hydrogen) atoms. The zero-order valence-electron chi connectivity index (χ0n) is 10.3. The van der Waals surface area contributed by atoms with Gasteiger partial charge in [0.15, 0.2) is 0 Å². The standard InChI is InChI=1S/C10H12F3N3O3S/c1-2-14-20(18,19)16-8-5-3-7(4-6-8)15-9(17)10(11,12)13/h3-6,14,16H,2H2,1H3,(H,15,17). The molecule has 1 aromatic rings. The highest BCUT2D eigenvalue weighted by molar-refractivity contribution is 7.90. The number of alkyl halides is 3. The molecule has 0 heterocycles. The van der Waals surface area contributed by atoms with Gasteiger partial charge in [-0.05, 0) is 24.3 Å². The summed E-state index contributed by atoms with van der Waals surface area (Å²) in [5.41, 5.74) is 0.0506. The van der Waals surface area contributed by atoms with Crippen molar-refractivity contribution in [2.75, 3.05) is 16.6 Å². The Bertz CT molecular complexity index is 570. The molecule has 0 unspecified atom stereocenters. The largest absolute Gasteiger partial charge is 0.471 e. The van der Waals surface area contributed by atoms with Crippen LogP contribution < -0.4 is 14.8 Å². The number of nitrogens with one attached hydrogen (secondary N) is 3. The predicted octanol–water partition coefficient (Wildman–Crippen LogP) is 1.45. The molecule has 0 fully saturated rings.